The SMILES string of the molecule is Cc1coc2ccc3c(=O)c(O)c(-c4ccc(C(C)(C)C)cc4)oc3c12. The molecular weight excluding hydrogens is 328 g/mol. The first-order valence-electron chi connectivity index (χ1n) is 8.55. The number of aryl methyl sites for hydroxylation is 1. The van der Waals surface area contributed by atoms with Gasteiger partial charge in [-0.25, -0.2) is 0 Å². The molecule has 0 aliphatic carbocycles. The summed E-state index contributed by atoms with van der Waals surface area (Å²) in [5.74, 6) is -0.197. The molecule has 2 aromatic carbocycles. The topological polar surface area (TPSA) is 63.6 Å². The molecule has 4 aromatic rings. The van der Waals surface area contributed by atoms with Gasteiger partial charge in [0.05, 0.1) is 17.0 Å². The van der Waals surface area contributed by atoms with Crippen LogP contribution in [-0.2, 0) is 5.41 Å². The molecule has 0 saturated heterocycles. The summed E-state index contributed by atoms with van der Waals surface area (Å²) in [5, 5.41) is 11.5. The van der Waals surface area contributed by atoms with Gasteiger partial charge in [-0.05, 0) is 35.6 Å². The maximum atomic E-state index is 12.7. The second-order valence-corrected chi connectivity index (χ2v) is 7.67. The zero-order chi connectivity index (χ0) is 18.6. The molecule has 0 aliphatic heterocycles. The maximum Gasteiger partial charge on any atom is 0.235 e. The fraction of sp³-hybridized carbons (Fsp3) is 0.227. The third-order valence-corrected chi connectivity index (χ3v) is 4.77. The normalized spacial score (nSPS) is 12.2. The first-order valence-corrected chi connectivity index (χ1v) is 8.55. The van der Waals surface area contributed by atoms with Crippen molar-refractivity contribution in [3.63, 3.8) is 0 Å². The Bertz CT molecular complexity index is 1190. The van der Waals surface area contributed by atoms with Gasteiger partial charge in [0.2, 0.25) is 11.2 Å². The lowest BCUT2D eigenvalue weighted by Crippen LogP contribution is -2.10. The molecule has 0 atom stereocenters. The van der Waals surface area contributed by atoms with Crippen molar-refractivity contribution in [2.75, 3.05) is 0 Å². The zero-order valence-electron chi connectivity index (χ0n) is 15.2. The molecule has 26 heavy (non-hydrogen) atoms. The molecule has 2 aromatic heterocycles. The minimum atomic E-state index is -0.441. The zero-order valence-corrected chi connectivity index (χ0v) is 15.2. The van der Waals surface area contributed by atoms with E-state index in [4.69, 9.17) is 8.83 Å². The Kier molecular flexibility index (Phi) is 3.48. The first-order chi connectivity index (χ1) is 12.3. The Morgan fingerprint density at radius 1 is 1.00 bits per heavy atom. The molecule has 1 N–H and O–H groups in total. The van der Waals surface area contributed by atoms with Crippen LogP contribution >= 0.6 is 0 Å². The average Bonchev–Trinajstić information content (AvgIpc) is 2.99. The predicted octanol–water partition coefficient (Wildman–Crippen LogP) is 5.52. The number of benzene rings is 2. The van der Waals surface area contributed by atoms with E-state index in [9.17, 15) is 9.90 Å². The first kappa shape index (κ1) is 16.5. The number of aromatic hydroxyl groups is 1. The number of furan rings is 1. The van der Waals surface area contributed by atoms with Crippen molar-refractivity contribution in [2.45, 2.75) is 33.1 Å². The third kappa shape index (κ3) is 2.41. The predicted molar refractivity (Wildman–Crippen MR) is 103 cm³/mol. The molecule has 4 rings (SSSR count). The summed E-state index contributed by atoms with van der Waals surface area (Å²) < 4.78 is 11.5. The number of hydrogen-bond donors (Lipinski definition) is 1. The lowest BCUT2D eigenvalue weighted by atomic mass is 9.86. The molecule has 2 heterocycles. The molecule has 4 heteroatoms. The molecule has 0 radical (unpaired) electrons. The van der Waals surface area contributed by atoms with Gasteiger partial charge in [0.25, 0.3) is 0 Å². The molecule has 0 aliphatic rings. The van der Waals surface area contributed by atoms with Gasteiger partial charge in [-0.15, -0.1) is 0 Å². The molecule has 0 amide bonds. The molecule has 132 valence electrons. The second-order valence-electron chi connectivity index (χ2n) is 7.67. The highest BCUT2D eigenvalue weighted by Crippen LogP contribution is 2.35. The maximum absolute atomic E-state index is 12.7. The lowest BCUT2D eigenvalue weighted by molar-refractivity contribution is 0.449. The number of hydrogen-bond acceptors (Lipinski definition) is 4. The van der Waals surface area contributed by atoms with Crippen molar-refractivity contribution in [1.82, 2.24) is 0 Å². The highest BCUT2D eigenvalue weighted by molar-refractivity contribution is 6.04. The Hall–Kier alpha value is -3.01. The third-order valence-electron chi connectivity index (χ3n) is 4.77. The van der Waals surface area contributed by atoms with E-state index in [1.165, 1.54) is 0 Å². The summed E-state index contributed by atoms with van der Waals surface area (Å²) in [6, 6.07) is 11.1. The van der Waals surface area contributed by atoms with Gasteiger partial charge < -0.3 is 13.9 Å². The fourth-order valence-electron chi connectivity index (χ4n) is 3.23. The van der Waals surface area contributed by atoms with Gasteiger partial charge in [0.1, 0.15) is 11.2 Å². The Balaban J connectivity index is 2.01. The number of rotatable bonds is 1. The molecule has 0 fully saturated rings. The molecule has 0 unspecified atom stereocenters. The van der Waals surface area contributed by atoms with Crippen LogP contribution in [0.1, 0.15) is 31.9 Å². The molecular formula is C22H20O4. The van der Waals surface area contributed by atoms with Crippen LogP contribution in [0.25, 0.3) is 33.3 Å². The van der Waals surface area contributed by atoms with Crippen LogP contribution in [0.3, 0.4) is 0 Å². The van der Waals surface area contributed by atoms with Crippen molar-refractivity contribution in [2.24, 2.45) is 0 Å². The summed E-state index contributed by atoms with van der Waals surface area (Å²) in [5.41, 5.74) is 3.37. The van der Waals surface area contributed by atoms with Crippen molar-refractivity contribution in [1.29, 1.82) is 0 Å². The van der Waals surface area contributed by atoms with E-state index in [2.05, 4.69) is 20.8 Å². The molecule has 0 saturated carbocycles. The van der Waals surface area contributed by atoms with Crippen LogP contribution in [0.2, 0.25) is 0 Å². The minimum absolute atomic E-state index is 0.0187. The summed E-state index contributed by atoms with van der Waals surface area (Å²) in [7, 11) is 0. The van der Waals surface area contributed by atoms with Crippen LogP contribution in [0.15, 0.2) is 56.3 Å². The van der Waals surface area contributed by atoms with Gasteiger partial charge in [-0.2, -0.15) is 0 Å². The van der Waals surface area contributed by atoms with Crippen molar-refractivity contribution >= 4 is 21.9 Å². The Morgan fingerprint density at radius 3 is 2.35 bits per heavy atom. The van der Waals surface area contributed by atoms with Gasteiger partial charge in [0.15, 0.2) is 5.76 Å². The van der Waals surface area contributed by atoms with E-state index in [1.54, 1.807) is 18.4 Å². The summed E-state index contributed by atoms with van der Waals surface area (Å²) in [6.45, 7) is 8.30. The van der Waals surface area contributed by atoms with Gasteiger partial charge >= 0.3 is 0 Å². The quantitative estimate of drug-likeness (QED) is 0.492. The van der Waals surface area contributed by atoms with E-state index >= 15 is 0 Å². The summed E-state index contributed by atoms with van der Waals surface area (Å²) in [4.78, 5) is 12.7. The van der Waals surface area contributed by atoms with Crippen LogP contribution in [0.4, 0.5) is 0 Å². The van der Waals surface area contributed by atoms with Crippen molar-refractivity contribution < 1.29 is 13.9 Å². The molecule has 4 nitrogen and oxygen atoms in total. The van der Waals surface area contributed by atoms with Crippen LogP contribution in [-0.4, -0.2) is 5.11 Å². The smallest absolute Gasteiger partial charge is 0.235 e. The summed E-state index contributed by atoms with van der Waals surface area (Å²) >= 11 is 0. The summed E-state index contributed by atoms with van der Waals surface area (Å²) in [6.07, 6.45) is 1.63. The molecule has 0 spiro atoms. The number of fused-ring (bicyclic) bond motifs is 3. The highest BCUT2D eigenvalue weighted by Gasteiger charge is 2.20. The second kappa shape index (κ2) is 5.49. The van der Waals surface area contributed by atoms with Gasteiger partial charge in [-0.1, -0.05) is 45.0 Å². The Labute approximate surface area is 150 Å². The van der Waals surface area contributed by atoms with Gasteiger partial charge in [0, 0.05) is 5.56 Å². The van der Waals surface area contributed by atoms with E-state index in [0.29, 0.717) is 22.1 Å². The van der Waals surface area contributed by atoms with E-state index in [-0.39, 0.29) is 16.9 Å². The molecule has 0 bridgehead atoms. The average molecular weight is 348 g/mol. The fourth-order valence-corrected chi connectivity index (χ4v) is 3.23. The van der Waals surface area contributed by atoms with E-state index in [0.717, 1.165) is 16.5 Å². The van der Waals surface area contributed by atoms with Gasteiger partial charge in [-0.3, -0.25) is 4.79 Å². The van der Waals surface area contributed by atoms with Crippen molar-refractivity contribution in [3.05, 3.63) is 64.0 Å². The van der Waals surface area contributed by atoms with Crippen molar-refractivity contribution in [3.8, 4) is 17.1 Å². The highest BCUT2D eigenvalue weighted by atomic mass is 16.4. The standard InChI is InChI=1S/C22H20O4/c1-12-11-25-16-10-9-15-18(23)19(24)20(26-21(15)17(12)16)13-5-7-14(8-6-13)22(2,3)4/h5-11,24H,1-4H3. The van der Waals surface area contributed by atoms with Crippen LogP contribution in [0.5, 0.6) is 5.75 Å². The van der Waals surface area contributed by atoms with Crippen LogP contribution < -0.4 is 5.43 Å². The van der Waals surface area contributed by atoms with Crippen LogP contribution in [0, 0.1) is 6.92 Å². The largest absolute Gasteiger partial charge is 0.502 e. The Morgan fingerprint density at radius 2 is 1.69 bits per heavy atom. The monoisotopic (exact) mass is 348 g/mol. The minimum Gasteiger partial charge on any atom is -0.502 e. The van der Waals surface area contributed by atoms with E-state index in [1.807, 2.05) is 31.2 Å². The lowest BCUT2D eigenvalue weighted by Gasteiger charge is -2.19. The van der Waals surface area contributed by atoms with E-state index < -0.39 is 5.43 Å².